The highest BCUT2D eigenvalue weighted by Crippen LogP contribution is 2.33. The van der Waals surface area contributed by atoms with Crippen LogP contribution in [0.3, 0.4) is 0 Å². The molecule has 0 aliphatic carbocycles. The molecule has 1 amide bonds. The number of likely N-dealkylation sites (tertiary alicyclic amines) is 1. The number of piperidine rings is 1. The molecule has 5 rings (SSSR count). The van der Waals surface area contributed by atoms with E-state index in [1.807, 2.05) is 4.90 Å². The van der Waals surface area contributed by atoms with Gasteiger partial charge in [0.15, 0.2) is 6.10 Å². The van der Waals surface area contributed by atoms with E-state index in [-0.39, 0.29) is 12.0 Å². The molecular weight excluding hydrogens is 354 g/mol. The largest absolute Gasteiger partial charge is 0.480 e. The second kappa shape index (κ2) is 6.88. The van der Waals surface area contributed by atoms with Gasteiger partial charge >= 0.3 is 0 Å². The number of benzene rings is 1. The minimum atomic E-state index is -0.375. The number of aromatic nitrogens is 3. The van der Waals surface area contributed by atoms with Gasteiger partial charge in [0.2, 0.25) is 0 Å². The molecule has 28 heavy (non-hydrogen) atoms. The van der Waals surface area contributed by atoms with Crippen LogP contribution in [0.15, 0.2) is 12.1 Å². The lowest BCUT2D eigenvalue weighted by Crippen LogP contribution is -2.45. The van der Waals surface area contributed by atoms with Gasteiger partial charge in [-0.15, -0.1) is 10.2 Å². The zero-order valence-corrected chi connectivity index (χ0v) is 16.6. The number of ether oxygens (including phenoxy) is 1. The predicted octanol–water partition coefficient (Wildman–Crippen LogP) is 1.71. The van der Waals surface area contributed by atoms with E-state index in [1.165, 1.54) is 11.1 Å². The Morgan fingerprint density at radius 2 is 1.93 bits per heavy atom. The quantitative estimate of drug-likeness (QED) is 0.857. The summed E-state index contributed by atoms with van der Waals surface area (Å²) >= 11 is 0. The van der Waals surface area contributed by atoms with Crippen LogP contribution in [-0.2, 0) is 24.3 Å². The molecule has 148 valence electrons. The molecule has 7 nitrogen and oxygen atoms in total. The highest BCUT2D eigenvalue weighted by molar-refractivity contribution is 5.82. The van der Waals surface area contributed by atoms with E-state index in [4.69, 9.17) is 4.74 Å². The van der Waals surface area contributed by atoms with Crippen molar-refractivity contribution in [2.45, 2.75) is 58.2 Å². The molecule has 0 bridgehead atoms. The summed E-state index contributed by atoms with van der Waals surface area (Å²) in [5, 5.41) is 12.1. The molecule has 0 saturated carbocycles. The number of fused-ring (bicyclic) bond motifs is 2. The molecule has 1 aromatic heterocycles. The molecule has 3 aliphatic heterocycles. The molecule has 1 saturated heterocycles. The highest BCUT2D eigenvalue weighted by atomic mass is 16.5. The van der Waals surface area contributed by atoms with Crippen LogP contribution in [0.2, 0.25) is 0 Å². The Balaban J connectivity index is 1.23. The lowest BCUT2D eigenvalue weighted by molar-refractivity contribution is -0.139. The zero-order chi connectivity index (χ0) is 19.3. The van der Waals surface area contributed by atoms with Crippen molar-refractivity contribution in [3.8, 4) is 5.75 Å². The Bertz CT molecular complexity index is 883. The minimum absolute atomic E-state index is 0.123. The van der Waals surface area contributed by atoms with Gasteiger partial charge in [-0.2, -0.15) is 0 Å². The maximum Gasteiger partial charge on any atom is 0.263 e. The van der Waals surface area contributed by atoms with E-state index < -0.39 is 0 Å². The molecular formula is C21H27N5O2. The predicted molar refractivity (Wildman–Crippen MR) is 104 cm³/mol. The van der Waals surface area contributed by atoms with E-state index in [0.717, 1.165) is 68.5 Å². The molecule has 1 fully saturated rings. The molecule has 1 atom stereocenters. The molecule has 2 aromatic rings. The van der Waals surface area contributed by atoms with Crippen molar-refractivity contribution in [1.29, 1.82) is 0 Å². The van der Waals surface area contributed by atoms with E-state index in [9.17, 15) is 4.79 Å². The molecule has 7 heteroatoms. The van der Waals surface area contributed by atoms with Gasteiger partial charge in [-0.1, -0.05) is 6.07 Å². The third-order valence-electron chi connectivity index (χ3n) is 6.45. The topological polar surface area (TPSA) is 72.3 Å². The van der Waals surface area contributed by atoms with Crippen molar-refractivity contribution in [1.82, 2.24) is 25.0 Å². The first-order valence-electron chi connectivity index (χ1n) is 10.3. The van der Waals surface area contributed by atoms with Crippen LogP contribution in [0.5, 0.6) is 5.75 Å². The second-order valence-corrected chi connectivity index (χ2v) is 8.26. The number of nitrogens with one attached hydrogen (secondary N) is 1. The molecule has 4 heterocycles. The Morgan fingerprint density at radius 1 is 1.14 bits per heavy atom. The van der Waals surface area contributed by atoms with Crippen molar-refractivity contribution in [2.24, 2.45) is 0 Å². The van der Waals surface area contributed by atoms with Gasteiger partial charge in [-0.3, -0.25) is 4.79 Å². The lowest BCUT2D eigenvalue weighted by Gasteiger charge is -2.33. The van der Waals surface area contributed by atoms with Gasteiger partial charge in [0, 0.05) is 38.5 Å². The van der Waals surface area contributed by atoms with Crippen molar-refractivity contribution in [3.05, 3.63) is 40.5 Å². The van der Waals surface area contributed by atoms with Crippen LogP contribution >= 0.6 is 0 Å². The average molecular weight is 381 g/mol. The van der Waals surface area contributed by atoms with Crippen LogP contribution < -0.4 is 10.1 Å². The molecule has 0 spiro atoms. The van der Waals surface area contributed by atoms with Gasteiger partial charge in [-0.05, 0) is 49.4 Å². The molecule has 0 radical (unpaired) electrons. The fourth-order valence-electron chi connectivity index (χ4n) is 4.63. The summed E-state index contributed by atoms with van der Waals surface area (Å²) in [5.41, 5.74) is 3.61. The first-order valence-corrected chi connectivity index (χ1v) is 10.3. The number of rotatable bonds is 2. The Morgan fingerprint density at radius 3 is 2.75 bits per heavy atom. The van der Waals surface area contributed by atoms with E-state index >= 15 is 0 Å². The van der Waals surface area contributed by atoms with Crippen molar-refractivity contribution >= 4 is 5.91 Å². The lowest BCUT2D eigenvalue weighted by atomic mass is 9.95. The first kappa shape index (κ1) is 17.7. The van der Waals surface area contributed by atoms with Crippen LogP contribution in [-0.4, -0.2) is 51.3 Å². The molecule has 1 unspecified atom stereocenters. The fourth-order valence-corrected chi connectivity index (χ4v) is 4.63. The summed E-state index contributed by atoms with van der Waals surface area (Å²) in [6, 6.07) is 4.22. The Hall–Kier alpha value is -2.41. The fraction of sp³-hybridized carbons (Fsp3) is 0.571. The number of hydrogen-bond acceptors (Lipinski definition) is 5. The number of aryl methyl sites for hydroxylation is 2. The third-order valence-corrected chi connectivity index (χ3v) is 6.45. The van der Waals surface area contributed by atoms with Crippen molar-refractivity contribution in [3.63, 3.8) is 0 Å². The summed E-state index contributed by atoms with van der Waals surface area (Å²) in [5.74, 6) is 3.51. The van der Waals surface area contributed by atoms with Gasteiger partial charge in [0.25, 0.3) is 5.91 Å². The van der Waals surface area contributed by atoms with Crippen LogP contribution in [0.25, 0.3) is 0 Å². The van der Waals surface area contributed by atoms with E-state index in [2.05, 4.69) is 46.1 Å². The van der Waals surface area contributed by atoms with Gasteiger partial charge in [0.1, 0.15) is 17.4 Å². The van der Waals surface area contributed by atoms with E-state index in [1.54, 1.807) is 0 Å². The smallest absolute Gasteiger partial charge is 0.263 e. The monoisotopic (exact) mass is 381 g/mol. The third kappa shape index (κ3) is 2.98. The molecule has 3 aliphatic rings. The normalized spacial score (nSPS) is 21.9. The maximum absolute atomic E-state index is 13.0. The summed E-state index contributed by atoms with van der Waals surface area (Å²) < 4.78 is 8.27. The van der Waals surface area contributed by atoms with Gasteiger partial charge in [0.05, 0.1) is 6.54 Å². The number of amides is 1. The SMILES string of the molecule is Cc1cc2c(cc1C)OC(C(=O)N1CCC(c3nnc4n3CCNC4)CC1)C2. The summed E-state index contributed by atoms with van der Waals surface area (Å²) in [6.45, 7) is 8.41. The molecule has 1 aromatic carbocycles. The maximum atomic E-state index is 13.0. The first-order chi connectivity index (χ1) is 13.6. The van der Waals surface area contributed by atoms with Gasteiger partial charge in [-0.25, -0.2) is 0 Å². The Kier molecular flexibility index (Phi) is 4.34. The second-order valence-electron chi connectivity index (χ2n) is 8.26. The van der Waals surface area contributed by atoms with Crippen molar-refractivity contribution in [2.75, 3.05) is 19.6 Å². The van der Waals surface area contributed by atoms with Crippen LogP contribution in [0.1, 0.15) is 47.1 Å². The van der Waals surface area contributed by atoms with Crippen molar-refractivity contribution < 1.29 is 9.53 Å². The zero-order valence-electron chi connectivity index (χ0n) is 16.6. The summed E-state index contributed by atoms with van der Waals surface area (Å²) in [7, 11) is 0. The average Bonchev–Trinajstić information content (AvgIpc) is 3.32. The van der Waals surface area contributed by atoms with Crippen LogP contribution in [0, 0.1) is 13.8 Å². The van der Waals surface area contributed by atoms with Gasteiger partial charge < -0.3 is 19.5 Å². The number of carbonyl (C=O) groups is 1. The summed E-state index contributed by atoms with van der Waals surface area (Å²) in [6.07, 6.45) is 2.18. The number of hydrogen-bond donors (Lipinski definition) is 1. The number of carbonyl (C=O) groups excluding carboxylic acids is 1. The highest BCUT2D eigenvalue weighted by Gasteiger charge is 2.35. The summed E-state index contributed by atoms with van der Waals surface area (Å²) in [4.78, 5) is 15.0. The minimum Gasteiger partial charge on any atom is -0.480 e. The van der Waals surface area contributed by atoms with Crippen LogP contribution in [0.4, 0.5) is 0 Å². The standard InChI is InChI=1S/C21H27N5O2/c1-13-9-16-11-18(28-17(16)10-14(13)2)21(27)25-6-3-15(4-7-25)20-24-23-19-12-22-5-8-26(19)20/h9-10,15,18,22H,3-8,11-12H2,1-2H3. The number of nitrogens with zero attached hydrogens (tertiary/aromatic N) is 4. The molecule has 1 N–H and O–H groups in total. The Labute approximate surface area is 165 Å². The van der Waals surface area contributed by atoms with E-state index in [0.29, 0.717) is 12.3 Å².